The first kappa shape index (κ1) is 8.76. The molecule has 3 aliphatic rings. The Hall–Kier alpha value is -0.520. The molecule has 0 amide bonds. The van der Waals surface area contributed by atoms with E-state index in [1.165, 1.54) is 44.9 Å². The molecule has 0 heterocycles. The molecule has 3 aliphatic carbocycles. The molecule has 0 heteroatoms. The van der Waals surface area contributed by atoms with E-state index in [1.807, 2.05) is 0 Å². The van der Waals surface area contributed by atoms with Crippen LogP contribution in [0.4, 0.5) is 0 Å². The first-order valence-electron chi connectivity index (χ1n) is 6.22. The van der Waals surface area contributed by atoms with Gasteiger partial charge in [0.25, 0.3) is 0 Å². The zero-order valence-corrected chi connectivity index (χ0v) is 8.91. The normalized spacial score (nSPS) is 45.7. The lowest BCUT2D eigenvalue weighted by atomic mass is 9.69. The molecule has 14 heavy (non-hydrogen) atoms. The van der Waals surface area contributed by atoms with Crippen molar-refractivity contribution in [2.45, 2.75) is 44.9 Å². The largest absolute Gasteiger partial charge is 0.0885 e. The summed E-state index contributed by atoms with van der Waals surface area (Å²) in [6, 6.07) is 0. The minimum atomic E-state index is 0.691. The SMILES string of the molecule is C1=CCC2(CCCC1)CC1C=CC2C1. The zero-order chi connectivity index (χ0) is 9.43. The van der Waals surface area contributed by atoms with Gasteiger partial charge in [0, 0.05) is 0 Å². The monoisotopic (exact) mass is 188 g/mol. The second-order valence-corrected chi connectivity index (χ2v) is 5.47. The molecule has 0 aliphatic heterocycles. The fourth-order valence-corrected chi connectivity index (χ4v) is 3.85. The molecule has 0 aromatic rings. The van der Waals surface area contributed by atoms with Crippen LogP contribution in [-0.2, 0) is 0 Å². The maximum Gasteiger partial charge on any atom is -0.0168 e. The fourth-order valence-electron chi connectivity index (χ4n) is 3.85. The van der Waals surface area contributed by atoms with Gasteiger partial charge in [0.1, 0.15) is 0 Å². The summed E-state index contributed by atoms with van der Waals surface area (Å²) >= 11 is 0. The first-order chi connectivity index (χ1) is 6.89. The maximum atomic E-state index is 2.52. The molecule has 0 saturated heterocycles. The van der Waals surface area contributed by atoms with E-state index in [9.17, 15) is 0 Å². The van der Waals surface area contributed by atoms with Crippen molar-refractivity contribution in [3.63, 3.8) is 0 Å². The van der Waals surface area contributed by atoms with Gasteiger partial charge in [0.05, 0.1) is 0 Å². The summed E-state index contributed by atoms with van der Waals surface area (Å²) in [5.41, 5.74) is 0.691. The summed E-state index contributed by atoms with van der Waals surface area (Å²) in [5, 5.41) is 0. The Labute approximate surface area is 87.1 Å². The van der Waals surface area contributed by atoms with Crippen molar-refractivity contribution in [3.05, 3.63) is 24.3 Å². The van der Waals surface area contributed by atoms with Gasteiger partial charge in [-0.1, -0.05) is 30.7 Å². The second-order valence-electron chi connectivity index (χ2n) is 5.47. The third-order valence-corrected chi connectivity index (χ3v) is 4.61. The molecule has 2 bridgehead atoms. The van der Waals surface area contributed by atoms with Crippen molar-refractivity contribution >= 4 is 0 Å². The third kappa shape index (κ3) is 1.27. The van der Waals surface area contributed by atoms with Crippen molar-refractivity contribution in [1.29, 1.82) is 0 Å². The van der Waals surface area contributed by atoms with Crippen LogP contribution in [0.1, 0.15) is 44.9 Å². The van der Waals surface area contributed by atoms with E-state index >= 15 is 0 Å². The minimum Gasteiger partial charge on any atom is -0.0885 e. The van der Waals surface area contributed by atoms with Crippen molar-refractivity contribution < 1.29 is 0 Å². The van der Waals surface area contributed by atoms with Crippen LogP contribution in [0.5, 0.6) is 0 Å². The first-order valence-corrected chi connectivity index (χ1v) is 6.22. The van der Waals surface area contributed by atoms with Gasteiger partial charge in [-0.3, -0.25) is 0 Å². The lowest BCUT2D eigenvalue weighted by Gasteiger charge is -2.36. The minimum absolute atomic E-state index is 0.691. The van der Waals surface area contributed by atoms with Crippen molar-refractivity contribution in [2.24, 2.45) is 17.3 Å². The van der Waals surface area contributed by atoms with Crippen molar-refractivity contribution in [1.82, 2.24) is 0 Å². The average molecular weight is 188 g/mol. The predicted octanol–water partition coefficient (Wildman–Crippen LogP) is 4.09. The van der Waals surface area contributed by atoms with Gasteiger partial charge >= 0.3 is 0 Å². The summed E-state index contributed by atoms with van der Waals surface area (Å²) in [7, 11) is 0. The highest BCUT2D eigenvalue weighted by Crippen LogP contribution is 2.57. The molecule has 0 radical (unpaired) electrons. The summed E-state index contributed by atoms with van der Waals surface area (Å²) in [5.74, 6) is 1.86. The van der Waals surface area contributed by atoms with Crippen LogP contribution in [0.3, 0.4) is 0 Å². The topological polar surface area (TPSA) is 0 Å². The third-order valence-electron chi connectivity index (χ3n) is 4.61. The average Bonchev–Trinajstić information content (AvgIpc) is 2.71. The van der Waals surface area contributed by atoms with E-state index in [-0.39, 0.29) is 0 Å². The smallest absolute Gasteiger partial charge is 0.0168 e. The number of allylic oxidation sites excluding steroid dienone is 4. The molecule has 1 saturated carbocycles. The molecule has 1 fully saturated rings. The van der Waals surface area contributed by atoms with Crippen LogP contribution in [0.15, 0.2) is 24.3 Å². The zero-order valence-electron chi connectivity index (χ0n) is 8.91. The number of rotatable bonds is 0. The standard InChI is InChI=1S/C14H20/c1-2-4-8-14(9-5-3-1)11-12-6-7-13(14)10-12/h2,4,6-7,12-13H,1,3,5,8-11H2. The molecule has 3 atom stereocenters. The fraction of sp³-hybridized carbons (Fsp3) is 0.714. The van der Waals surface area contributed by atoms with Gasteiger partial charge in [-0.25, -0.2) is 0 Å². The lowest BCUT2D eigenvalue weighted by molar-refractivity contribution is 0.201. The van der Waals surface area contributed by atoms with Crippen molar-refractivity contribution in [3.8, 4) is 0 Å². The van der Waals surface area contributed by atoms with Gasteiger partial charge < -0.3 is 0 Å². The molecule has 3 unspecified atom stereocenters. The molecule has 0 N–H and O–H groups in total. The van der Waals surface area contributed by atoms with Gasteiger partial charge in [-0.05, 0) is 55.8 Å². The van der Waals surface area contributed by atoms with E-state index in [4.69, 9.17) is 0 Å². The quantitative estimate of drug-likeness (QED) is 0.502. The molecule has 0 nitrogen and oxygen atoms in total. The highest BCUT2D eigenvalue weighted by atomic mass is 14.5. The highest BCUT2D eigenvalue weighted by Gasteiger charge is 2.46. The van der Waals surface area contributed by atoms with Gasteiger partial charge in [0.2, 0.25) is 0 Å². The predicted molar refractivity (Wildman–Crippen MR) is 60.0 cm³/mol. The number of fused-ring (bicyclic) bond motifs is 3. The van der Waals surface area contributed by atoms with Gasteiger partial charge in [-0.15, -0.1) is 0 Å². The Morgan fingerprint density at radius 2 is 2.07 bits per heavy atom. The summed E-state index contributed by atoms with van der Waals surface area (Å²) < 4.78 is 0. The van der Waals surface area contributed by atoms with Crippen molar-refractivity contribution in [2.75, 3.05) is 0 Å². The molecule has 76 valence electrons. The molecule has 0 aromatic heterocycles. The van der Waals surface area contributed by atoms with Crippen LogP contribution in [0, 0.1) is 17.3 Å². The van der Waals surface area contributed by atoms with E-state index in [2.05, 4.69) is 24.3 Å². The Kier molecular flexibility index (Phi) is 2.04. The summed E-state index contributed by atoms with van der Waals surface area (Å²) in [6.45, 7) is 0. The molecular weight excluding hydrogens is 168 g/mol. The Balaban J connectivity index is 1.84. The maximum absolute atomic E-state index is 2.52. The lowest BCUT2D eigenvalue weighted by Crippen LogP contribution is -2.25. The van der Waals surface area contributed by atoms with E-state index in [1.54, 1.807) is 0 Å². The van der Waals surface area contributed by atoms with E-state index in [0.717, 1.165) is 11.8 Å². The van der Waals surface area contributed by atoms with Gasteiger partial charge in [0.15, 0.2) is 0 Å². The molecule has 1 spiro atoms. The van der Waals surface area contributed by atoms with E-state index in [0.29, 0.717) is 5.41 Å². The number of hydrogen-bond donors (Lipinski definition) is 0. The second kappa shape index (κ2) is 3.25. The summed E-state index contributed by atoms with van der Waals surface area (Å²) in [6.07, 6.45) is 19.9. The highest BCUT2D eigenvalue weighted by molar-refractivity contribution is 5.17. The molecule has 0 aromatic carbocycles. The number of hydrogen-bond acceptors (Lipinski definition) is 0. The van der Waals surface area contributed by atoms with Crippen LogP contribution in [0.25, 0.3) is 0 Å². The van der Waals surface area contributed by atoms with Crippen LogP contribution in [-0.4, -0.2) is 0 Å². The van der Waals surface area contributed by atoms with Crippen LogP contribution < -0.4 is 0 Å². The molecular formula is C14H20. The van der Waals surface area contributed by atoms with Crippen LogP contribution >= 0.6 is 0 Å². The Morgan fingerprint density at radius 3 is 2.86 bits per heavy atom. The Bertz CT molecular complexity index is 274. The summed E-state index contributed by atoms with van der Waals surface area (Å²) in [4.78, 5) is 0. The molecule has 3 rings (SSSR count). The van der Waals surface area contributed by atoms with Gasteiger partial charge in [-0.2, -0.15) is 0 Å². The van der Waals surface area contributed by atoms with Crippen LogP contribution in [0.2, 0.25) is 0 Å². The Morgan fingerprint density at radius 1 is 1.07 bits per heavy atom. The van der Waals surface area contributed by atoms with E-state index < -0.39 is 0 Å².